The Hall–Kier alpha value is 0.492. The van der Waals surface area contributed by atoms with Crippen LogP contribution >= 0.6 is 0 Å². The van der Waals surface area contributed by atoms with E-state index in [9.17, 15) is 35.6 Å². The minimum atomic E-state index is -1.69. The van der Waals surface area contributed by atoms with Crippen LogP contribution in [-0.4, -0.2) is 90.9 Å². The summed E-state index contributed by atoms with van der Waals surface area (Å²) in [6.45, 7) is 9.98. The molecule has 0 spiro atoms. The summed E-state index contributed by atoms with van der Waals surface area (Å²) in [7, 11) is 0. The van der Waals surface area contributed by atoms with Crippen LogP contribution in [0.1, 0.15) is 54.4 Å². The number of hydrogen-bond donors (Lipinski definition) is 7. The number of Topliss-reactive ketones (excluding diaryl/α,β-unsaturated/α-hetero) is 1. The van der Waals surface area contributed by atoms with Crippen LogP contribution in [0.15, 0.2) is 11.1 Å². The average Bonchev–Trinajstić information content (AvgIpc) is 2.77. The molecular weight excluding hydrogens is 685 g/mol. The van der Waals surface area contributed by atoms with Crippen LogP contribution in [-0.2, 0) is 14.4 Å². The standard InChI is InChI=1S/C25H41NO9.Ac/c1-10-13(19(35-33)17(28)12(3)26)8-25(32)11(2)20-23(6,14(27)7-15-24(20,31)9-34-15)21(30)18(29)16(10)22(25,4)5;/h11-15,17-20,27-29,31-33H,7-9,26H2,1-6H3;/t11?,12?,13?,14?,15?,17?,18?,19-,20?,23-,24+,25?;/m1./s1. The molecule has 36 heavy (non-hydrogen) atoms. The van der Waals surface area contributed by atoms with Crippen LogP contribution in [0.3, 0.4) is 0 Å². The maximum Gasteiger partial charge on any atom is 0.174 e. The molecule has 3 aliphatic carbocycles. The summed E-state index contributed by atoms with van der Waals surface area (Å²) < 4.78 is 5.55. The summed E-state index contributed by atoms with van der Waals surface area (Å²) in [5.41, 5.74) is 0.846. The first-order chi connectivity index (χ1) is 16.0. The number of carbonyl (C=O) groups excluding carboxylic acids is 1. The van der Waals surface area contributed by atoms with E-state index in [4.69, 9.17) is 15.4 Å². The molecule has 1 radical (unpaired) electrons. The van der Waals surface area contributed by atoms with Gasteiger partial charge in [-0.3, -0.25) is 10.1 Å². The van der Waals surface area contributed by atoms with E-state index in [1.165, 1.54) is 0 Å². The van der Waals surface area contributed by atoms with Crippen LogP contribution in [0.25, 0.3) is 0 Å². The second kappa shape index (κ2) is 9.84. The summed E-state index contributed by atoms with van der Waals surface area (Å²) in [4.78, 5) is 18.7. The Labute approximate surface area is 247 Å². The van der Waals surface area contributed by atoms with Crippen molar-refractivity contribution in [3.63, 3.8) is 0 Å². The number of carbonyl (C=O) groups is 1. The molecule has 12 atom stereocenters. The van der Waals surface area contributed by atoms with Crippen LogP contribution in [0.4, 0.5) is 0 Å². The molecule has 10 nitrogen and oxygen atoms in total. The minimum Gasteiger partial charge on any atom is -0.392 e. The van der Waals surface area contributed by atoms with Gasteiger partial charge in [-0.25, -0.2) is 4.89 Å². The Morgan fingerprint density at radius 1 is 1.19 bits per heavy atom. The summed E-state index contributed by atoms with van der Waals surface area (Å²) in [6, 6.07) is -0.770. The number of aliphatic hydroxyl groups excluding tert-OH is 3. The van der Waals surface area contributed by atoms with Crippen molar-refractivity contribution in [2.24, 2.45) is 34.3 Å². The fraction of sp³-hybridized carbons (Fsp3) is 0.880. The molecule has 8 N–H and O–H groups in total. The topological polar surface area (TPSA) is 183 Å². The molecule has 1 saturated heterocycles. The van der Waals surface area contributed by atoms with Crippen LogP contribution in [0.2, 0.25) is 0 Å². The second-order valence-electron chi connectivity index (χ2n) is 12.2. The molecule has 2 saturated carbocycles. The van der Waals surface area contributed by atoms with Crippen LogP contribution in [0, 0.1) is 72.6 Å². The van der Waals surface area contributed by atoms with Crippen molar-refractivity contribution in [2.45, 2.75) is 102 Å². The van der Waals surface area contributed by atoms with Crippen molar-refractivity contribution in [1.29, 1.82) is 0 Å². The molecule has 0 aromatic rings. The fourth-order valence-electron chi connectivity index (χ4n) is 8.10. The summed E-state index contributed by atoms with van der Waals surface area (Å²) in [6.07, 6.45) is -6.07. The largest absolute Gasteiger partial charge is 0.392 e. The van der Waals surface area contributed by atoms with Crippen LogP contribution in [0.5, 0.6) is 0 Å². The molecule has 2 bridgehead atoms. The van der Waals surface area contributed by atoms with E-state index in [2.05, 4.69) is 0 Å². The monoisotopic (exact) mass is 726 g/mol. The van der Waals surface area contributed by atoms with E-state index in [0.717, 1.165) is 0 Å². The first-order valence-electron chi connectivity index (χ1n) is 12.4. The molecule has 4 rings (SSSR count). The van der Waals surface area contributed by atoms with E-state index in [1.54, 1.807) is 41.5 Å². The Kier molecular flexibility index (Phi) is 8.48. The Morgan fingerprint density at radius 3 is 2.25 bits per heavy atom. The predicted octanol–water partition coefficient (Wildman–Crippen LogP) is -0.257. The molecule has 1 aliphatic heterocycles. The van der Waals surface area contributed by atoms with Gasteiger partial charge >= 0.3 is 0 Å². The average molecular weight is 727 g/mol. The number of fused-ring (bicyclic) bond motifs is 5. The van der Waals surface area contributed by atoms with E-state index < -0.39 is 82.1 Å². The van der Waals surface area contributed by atoms with E-state index in [0.29, 0.717) is 5.57 Å². The number of hydrogen-bond acceptors (Lipinski definition) is 10. The number of nitrogens with two attached hydrogens (primary N) is 1. The molecule has 9 unspecified atom stereocenters. The smallest absolute Gasteiger partial charge is 0.174 e. The second-order valence-corrected chi connectivity index (χ2v) is 12.2. The third kappa shape index (κ3) is 3.83. The molecule has 0 aromatic carbocycles. The minimum absolute atomic E-state index is 0. The van der Waals surface area contributed by atoms with E-state index >= 15 is 0 Å². The maximum absolute atomic E-state index is 14.0. The van der Waals surface area contributed by atoms with Crippen LogP contribution < -0.4 is 5.73 Å². The normalized spacial score (nSPS) is 48.3. The van der Waals surface area contributed by atoms with Gasteiger partial charge in [0.2, 0.25) is 0 Å². The van der Waals surface area contributed by atoms with Gasteiger partial charge < -0.3 is 36.0 Å². The molecule has 203 valence electrons. The van der Waals surface area contributed by atoms with Crippen molar-refractivity contribution in [3.05, 3.63) is 11.1 Å². The quantitative estimate of drug-likeness (QED) is 0.116. The molecule has 4 aliphatic rings. The molecule has 0 aromatic heterocycles. The number of ketones is 1. The maximum atomic E-state index is 14.0. The van der Waals surface area contributed by atoms with Crippen molar-refractivity contribution in [2.75, 3.05) is 6.61 Å². The van der Waals surface area contributed by atoms with Crippen molar-refractivity contribution in [3.8, 4) is 0 Å². The number of ether oxygens (including phenoxy) is 1. The number of rotatable bonds is 4. The zero-order chi connectivity index (χ0) is 26.5. The van der Waals surface area contributed by atoms with Crippen molar-refractivity contribution < 1.29 is 89.3 Å². The molecule has 3 fully saturated rings. The Balaban J connectivity index is 0.00000361. The summed E-state index contributed by atoms with van der Waals surface area (Å²) in [5, 5.41) is 67.4. The fourth-order valence-corrected chi connectivity index (χ4v) is 8.10. The van der Waals surface area contributed by atoms with Gasteiger partial charge in [-0.1, -0.05) is 26.3 Å². The van der Waals surface area contributed by atoms with Gasteiger partial charge in [0, 0.05) is 73.8 Å². The Bertz CT molecular complexity index is 927. The van der Waals surface area contributed by atoms with Gasteiger partial charge in [-0.05, 0) is 38.7 Å². The molecular formula is C25H41AcNO9. The van der Waals surface area contributed by atoms with Gasteiger partial charge in [0.15, 0.2) is 5.78 Å². The van der Waals surface area contributed by atoms with Gasteiger partial charge in [-0.15, -0.1) is 0 Å². The summed E-state index contributed by atoms with van der Waals surface area (Å²) in [5.74, 6) is -3.13. The first kappa shape index (κ1) is 31.0. The molecule has 0 amide bonds. The van der Waals surface area contributed by atoms with Gasteiger partial charge in [-0.2, -0.15) is 0 Å². The van der Waals surface area contributed by atoms with Gasteiger partial charge in [0.05, 0.1) is 35.9 Å². The van der Waals surface area contributed by atoms with Crippen molar-refractivity contribution in [1.82, 2.24) is 0 Å². The number of aliphatic hydroxyl groups is 5. The third-order valence-corrected chi connectivity index (χ3v) is 10.4. The van der Waals surface area contributed by atoms with Crippen molar-refractivity contribution >= 4 is 5.78 Å². The Morgan fingerprint density at radius 2 is 1.78 bits per heavy atom. The zero-order valence-corrected chi connectivity index (χ0v) is 26.6. The molecule has 1 heterocycles. The zero-order valence-electron chi connectivity index (χ0n) is 21.9. The first-order valence-corrected chi connectivity index (χ1v) is 12.4. The SMILES string of the molecule is CC1=C2C(O)C(=O)[C@]3(C)C(O)CC4OC[C@@]4(O)C3C(C)C(O)(CC1[C@@H](OO)C(O)C(C)N)C2(C)C.[Ac]. The molecule has 11 heteroatoms. The van der Waals surface area contributed by atoms with Gasteiger partial charge in [0.25, 0.3) is 0 Å². The van der Waals surface area contributed by atoms with Gasteiger partial charge in [0.1, 0.15) is 17.8 Å². The summed E-state index contributed by atoms with van der Waals surface area (Å²) >= 11 is 0. The third-order valence-electron chi connectivity index (χ3n) is 10.4. The van der Waals surface area contributed by atoms with E-state index in [-0.39, 0.29) is 69.1 Å². The predicted molar refractivity (Wildman–Crippen MR) is 124 cm³/mol. The van der Waals surface area contributed by atoms with E-state index in [1.807, 2.05) is 0 Å².